The van der Waals surface area contributed by atoms with Crippen LogP contribution in [0.4, 0.5) is 0 Å². The number of hydrogen-bond acceptors (Lipinski definition) is 9. The average molecular weight is 789 g/mol. The van der Waals surface area contributed by atoms with Crippen LogP contribution in [0.25, 0.3) is 6.08 Å². The fourth-order valence-electron chi connectivity index (χ4n) is 6.28. The van der Waals surface area contributed by atoms with Crippen molar-refractivity contribution < 1.29 is 28.5 Å². The minimum Gasteiger partial charge on any atom is -0.493 e. The highest BCUT2D eigenvalue weighted by Gasteiger charge is 2.20. The number of nitrogens with zero attached hydrogens (tertiary/aromatic N) is 4. The Kier molecular flexibility index (Phi) is 15.4. The molecule has 1 aliphatic heterocycles. The molecule has 2 heterocycles. The highest BCUT2D eigenvalue weighted by molar-refractivity contribution is 5.92. The molecule has 1 amide bonds. The monoisotopic (exact) mass is 788 g/mol. The minimum absolute atomic E-state index is 0. The molecular formula is C46H49ClN4O6. The highest BCUT2D eigenvalue weighted by atomic mass is 35.5. The number of pyridine rings is 1. The maximum Gasteiger partial charge on any atom is 0.246 e. The largest absolute Gasteiger partial charge is 0.493 e. The van der Waals surface area contributed by atoms with Gasteiger partial charge in [0, 0.05) is 51.3 Å². The van der Waals surface area contributed by atoms with Crippen molar-refractivity contribution in [2.75, 3.05) is 47.0 Å². The zero-order valence-electron chi connectivity index (χ0n) is 32.9. The third-order valence-electron chi connectivity index (χ3n) is 9.60. The smallest absolute Gasteiger partial charge is 0.246 e. The lowest BCUT2D eigenvalue weighted by Gasteiger charge is -2.34. The molecule has 0 atom stereocenters. The molecule has 0 spiro atoms. The number of piperazine rings is 1. The first kappa shape index (κ1) is 42.1. The van der Waals surface area contributed by atoms with Gasteiger partial charge in [-0.2, -0.15) is 5.26 Å². The fraction of sp³-hybridized carbons (Fsp3) is 0.283. The van der Waals surface area contributed by atoms with Crippen molar-refractivity contribution in [3.8, 4) is 40.7 Å². The quantitative estimate of drug-likeness (QED) is 0.0907. The molecular weight excluding hydrogens is 740 g/mol. The van der Waals surface area contributed by atoms with Crippen molar-refractivity contribution in [2.45, 2.75) is 39.3 Å². The molecule has 296 valence electrons. The molecule has 0 bridgehead atoms. The standard InChI is InChI=1S/C46H48N4O6.ClH/c1-33(2)39-6-5-7-40(28-39)54-25-20-34-8-12-36(13-9-34)31-49-21-23-50(24-22-49)45(51)19-16-38-26-42(52-3)46(43(27-38)53-4)56-44-18-17-41(30-48-44)55-32-37-14-10-35(29-47)11-15-37;/h5-19,26-28,30,33H,20-25,31-32H2,1-4H3;1H/b19-16+;. The Hall–Kier alpha value is -6.02. The summed E-state index contributed by atoms with van der Waals surface area (Å²) >= 11 is 0. The van der Waals surface area contributed by atoms with Crippen LogP contribution in [0.15, 0.2) is 109 Å². The van der Waals surface area contributed by atoms with Gasteiger partial charge in [0.05, 0.1) is 38.7 Å². The second kappa shape index (κ2) is 20.8. The minimum atomic E-state index is -0.0453. The number of ether oxygens (including phenoxy) is 5. The van der Waals surface area contributed by atoms with Gasteiger partial charge in [0.25, 0.3) is 0 Å². The molecule has 0 unspecified atom stereocenters. The van der Waals surface area contributed by atoms with Crippen LogP contribution in [0.2, 0.25) is 0 Å². The molecule has 5 aromatic rings. The van der Waals surface area contributed by atoms with Crippen molar-refractivity contribution in [2.24, 2.45) is 0 Å². The summed E-state index contributed by atoms with van der Waals surface area (Å²) in [4.78, 5) is 21.8. The topological polar surface area (TPSA) is 106 Å². The summed E-state index contributed by atoms with van der Waals surface area (Å²) < 4.78 is 29.2. The molecule has 6 rings (SSSR count). The van der Waals surface area contributed by atoms with E-state index in [9.17, 15) is 4.79 Å². The van der Waals surface area contributed by atoms with Gasteiger partial charge in [-0.05, 0) is 82.3 Å². The van der Waals surface area contributed by atoms with E-state index < -0.39 is 0 Å². The summed E-state index contributed by atoms with van der Waals surface area (Å²) in [5, 5.41) is 8.98. The summed E-state index contributed by atoms with van der Waals surface area (Å²) in [5.41, 5.74) is 6.06. The number of nitriles is 1. The van der Waals surface area contributed by atoms with Crippen molar-refractivity contribution in [1.82, 2.24) is 14.8 Å². The number of hydrogen-bond donors (Lipinski definition) is 0. The Morgan fingerprint density at radius 3 is 2.14 bits per heavy atom. The first-order chi connectivity index (χ1) is 27.3. The van der Waals surface area contributed by atoms with Gasteiger partial charge in [0.15, 0.2) is 11.5 Å². The van der Waals surface area contributed by atoms with Crippen molar-refractivity contribution in [3.63, 3.8) is 0 Å². The van der Waals surface area contributed by atoms with Crippen LogP contribution in [0, 0.1) is 11.3 Å². The number of benzene rings is 4. The fourth-order valence-corrected chi connectivity index (χ4v) is 6.28. The van der Waals surface area contributed by atoms with Crippen molar-refractivity contribution >= 4 is 24.4 Å². The number of carbonyl (C=O) groups excluding carboxylic acids is 1. The molecule has 4 aromatic carbocycles. The SMILES string of the molecule is COc1cc(/C=C/C(=O)N2CCN(Cc3ccc(CCOc4cccc(C(C)C)c4)cc3)CC2)cc(OC)c1Oc1ccc(OCc2ccc(C#N)cc2)cn1.Cl. The third-order valence-corrected chi connectivity index (χ3v) is 9.60. The Labute approximate surface area is 341 Å². The first-order valence-electron chi connectivity index (χ1n) is 18.8. The number of rotatable bonds is 16. The molecule has 0 N–H and O–H groups in total. The number of methoxy groups -OCH3 is 2. The van der Waals surface area contributed by atoms with Gasteiger partial charge in [0.2, 0.25) is 17.5 Å². The maximum atomic E-state index is 13.2. The Morgan fingerprint density at radius 2 is 1.51 bits per heavy atom. The average Bonchev–Trinajstić information content (AvgIpc) is 3.24. The van der Waals surface area contributed by atoms with Gasteiger partial charge in [-0.15, -0.1) is 12.4 Å². The summed E-state index contributed by atoms with van der Waals surface area (Å²) in [6.07, 6.45) is 5.78. The molecule has 57 heavy (non-hydrogen) atoms. The molecule has 1 fully saturated rings. The van der Waals surface area contributed by atoms with E-state index in [0.29, 0.717) is 66.7 Å². The second-order valence-corrected chi connectivity index (χ2v) is 13.9. The van der Waals surface area contributed by atoms with Crippen LogP contribution in [-0.2, 0) is 24.4 Å². The summed E-state index contributed by atoms with van der Waals surface area (Å²) in [6.45, 7) is 9.12. The van der Waals surface area contributed by atoms with Crippen LogP contribution in [0.1, 0.15) is 53.1 Å². The lowest BCUT2D eigenvalue weighted by molar-refractivity contribution is -0.127. The van der Waals surface area contributed by atoms with Crippen LogP contribution < -0.4 is 23.7 Å². The van der Waals surface area contributed by atoms with E-state index in [0.717, 1.165) is 42.9 Å². The zero-order valence-corrected chi connectivity index (χ0v) is 33.7. The van der Waals surface area contributed by atoms with Crippen LogP contribution in [0.3, 0.4) is 0 Å². The lowest BCUT2D eigenvalue weighted by Crippen LogP contribution is -2.47. The van der Waals surface area contributed by atoms with E-state index in [2.05, 4.69) is 72.3 Å². The molecule has 0 aliphatic carbocycles. The van der Waals surface area contributed by atoms with Gasteiger partial charge < -0.3 is 28.6 Å². The van der Waals surface area contributed by atoms with Crippen molar-refractivity contribution in [3.05, 3.63) is 143 Å². The van der Waals surface area contributed by atoms with Gasteiger partial charge in [0.1, 0.15) is 18.1 Å². The molecule has 1 saturated heterocycles. The van der Waals surface area contributed by atoms with Crippen LogP contribution >= 0.6 is 12.4 Å². The predicted octanol–water partition coefficient (Wildman–Crippen LogP) is 8.87. The van der Waals surface area contributed by atoms with E-state index in [1.807, 2.05) is 23.1 Å². The molecule has 11 heteroatoms. The number of carbonyl (C=O) groups is 1. The molecule has 10 nitrogen and oxygen atoms in total. The van der Waals surface area contributed by atoms with Gasteiger partial charge in [-0.3, -0.25) is 9.69 Å². The maximum absolute atomic E-state index is 13.2. The lowest BCUT2D eigenvalue weighted by atomic mass is 10.0. The second-order valence-electron chi connectivity index (χ2n) is 13.9. The first-order valence-corrected chi connectivity index (χ1v) is 18.8. The Morgan fingerprint density at radius 1 is 0.825 bits per heavy atom. The highest BCUT2D eigenvalue weighted by Crippen LogP contribution is 2.41. The van der Waals surface area contributed by atoms with Crippen LogP contribution in [-0.4, -0.2) is 67.7 Å². The van der Waals surface area contributed by atoms with E-state index >= 15 is 0 Å². The molecule has 0 radical (unpaired) electrons. The van der Waals surface area contributed by atoms with E-state index in [1.165, 1.54) is 16.7 Å². The summed E-state index contributed by atoms with van der Waals surface area (Å²) in [7, 11) is 3.09. The molecule has 0 saturated carbocycles. The number of amides is 1. The normalized spacial score (nSPS) is 12.8. The number of aromatic nitrogens is 1. The van der Waals surface area contributed by atoms with Crippen molar-refractivity contribution in [1.29, 1.82) is 5.26 Å². The van der Waals surface area contributed by atoms with E-state index in [1.54, 1.807) is 69.0 Å². The zero-order chi connectivity index (χ0) is 39.3. The van der Waals surface area contributed by atoms with Gasteiger partial charge in [-0.25, -0.2) is 4.98 Å². The van der Waals surface area contributed by atoms with E-state index in [-0.39, 0.29) is 18.3 Å². The predicted molar refractivity (Wildman–Crippen MR) is 224 cm³/mol. The van der Waals surface area contributed by atoms with E-state index in [4.69, 9.17) is 28.9 Å². The van der Waals surface area contributed by atoms with Crippen LogP contribution in [0.5, 0.6) is 34.6 Å². The summed E-state index contributed by atoms with van der Waals surface area (Å²) in [6, 6.07) is 33.4. The van der Waals surface area contributed by atoms with Gasteiger partial charge in [-0.1, -0.05) is 62.4 Å². The van der Waals surface area contributed by atoms with Gasteiger partial charge >= 0.3 is 0 Å². The Bertz CT molecular complexity index is 2100. The molecule has 1 aromatic heterocycles. The Balaban J connectivity index is 0.00000620. The summed E-state index contributed by atoms with van der Waals surface area (Å²) in [5.74, 6) is 3.47. The molecule has 1 aliphatic rings. The third kappa shape index (κ3) is 12.0. The number of halogens is 1.